The first-order chi connectivity index (χ1) is 7.83. The lowest BCUT2D eigenvalue weighted by molar-refractivity contribution is 0.632. The number of nitrogens with one attached hydrogen (secondary N) is 1. The van der Waals surface area contributed by atoms with Gasteiger partial charge in [0.15, 0.2) is 0 Å². The summed E-state index contributed by atoms with van der Waals surface area (Å²) in [5.41, 5.74) is 2.29. The Labute approximate surface area is 98.3 Å². The van der Waals surface area contributed by atoms with Gasteiger partial charge in [-0.15, -0.1) is 11.3 Å². The van der Waals surface area contributed by atoms with Gasteiger partial charge in [-0.2, -0.15) is 5.10 Å². The number of aromatic nitrogens is 3. The van der Waals surface area contributed by atoms with Crippen molar-refractivity contribution in [2.75, 3.05) is 6.54 Å². The molecule has 2 aromatic rings. The van der Waals surface area contributed by atoms with Crippen molar-refractivity contribution in [2.45, 2.75) is 18.9 Å². The van der Waals surface area contributed by atoms with E-state index in [9.17, 15) is 0 Å². The summed E-state index contributed by atoms with van der Waals surface area (Å²) < 4.78 is 1.81. The first-order valence-electron chi connectivity index (χ1n) is 5.51. The maximum atomic E-state index is 4.68. The van der Waals surface area contributed by atoms with Crippen molar-refractivity contribution < 1.29 is 0 Å². The Bertz CT molecular complexity index is 482. The van der Waals surface area contributed by atoms with Gasteiger partial charge in [-0.3, -0.25) is 4.68 Å². The lowest BCUT2D eigenvalue weighted by Gasteiger charge is -2.04. The van der Waals surface area contributed by atoms with E-state index in [2.05, 4.69) is 20.8 Å². The van der Waals surface area contributed by atoms with Crippen molar-refractivity contribution in [1.29, 1.82) is 0 Å². The summed E-state index contributed by atoms with van der Waals surface area (Å²) in [4.78, 5) is 4.68. The van der Waals surface area contributed by atoms with E-state index >= 15 is 0 Å². The predicted molar refractivity (Wildman–Crippen MR) is 64.3 cm³/mol. The molecule has 1 saturated heterocycles. The van der Waals surface area contributed by atoms with Crippen LogP contribution in [0.2, 0.25) is 0 Å². The molecular formula is C11H14N4S. The van der Waals surface area contributed by atoms with Crippen LogP contribution in [0.5, 0.6) is 0 Å². The molecule has 0 radical (unpaired) electrons. The van der Waals surface area contributed by atoms with E-state index < -0.39 is 0 Å². The van der Waals surface area contributed by atoms with E-state index in [1.54, 1.807) is 11.3 Å². The van der Waals surface area contributed by atoms with Crippen LogP contribution in [-0.4, -0.2) is 21.3 Å². The molecule has 1 aliphatic heterocycles. The van der Waals surface area contributed by atoms with Crippen molar-refractivity contribution in [3.8, 4) is 10.6 Å². The molecule has 0 bridgehead atoms. The third-order valence-electron chi connectivity index (χ3n) is 2.89. The molecule has 0 saturated carbocycles. The number of hydrogen-bond acceptors (Lipinski definition) is 4. The van der Waals surface area contributed by atoms with Crippen LogP contribution in [0, 0.1) is 0 Å². The Morgan fingerprint density at radius 2 is 2.50 bits per heavy atom. The summed E-state index contributed by atoms with van der Waals surface area (Å²) in [5, 5.41) is 10.9. The lowest BCUT2D eigenvalue weighted by atomic mass is 10.2. The third-order valence-corrected chi connectivity index (χ3v) is 3.80. The molecule has 0 aromatic carbocycles. The van der Waals surface area contributed by atoms with E-state index in [-0.39, 0.29) is 0 Å². The van der Waals surface area contributed by atoms with Gasteiger partial charge in [0.1, 0.15) is 5.01 Å². The van der Waals surface area contributed by atoms with Crippen LogP contribution in [0.3, 0.4) is 0 Å². The van der Waals surface area contributed by atoms with Gasteiger partial charge in [0.25, 0.3) is 0 Å². The van der Waals surface area contributed by atoms with Gasteiger partial charge >= 0.3 is 0 Å². The van der Waals surface area contributed by atoms with Crippen molar-refractivity contribution >= 4 is 11.3 Å². The second-order valence-electron chi connectivity index (χ2n) is 4.13. The average Bonchev–Trinajstić information content (AvgIpc) is 2.97. The summed E-state index contributed by atoms with van der Waals surface area (Å²) in [6.45, 7) is 1.12. The molecule has 1 atom stereocenters. The van der Waals surface area contributed by atoms with Crippen molar-refractivity contribution in [2.24, 2.45) is 7.05 Å². The van der Waals surface area contributed by atoms with Gasteiger partial charge in [0.05, 0.1) is 17.9 Å². The van der Waals surface area contributed by atoms with E-state index in [1.807, 2.05) is 24.1 Å². The Morgan fingerprint density at radius 1 is 1.56 bits per heavy atom. The summed E-state index contributed by atoms with van der Waals surface area (Å²) in [6.07, 6.45) is 6.33. The van der Waals surface area contributed by atoms with Crippen LogP contribution in [0.4, 0.5) is 0 Å². The highest BCUT2D eigenvalue weighted by Gasteiger charge is 2.19. The van der Waals surface area contributed by atoms with Gasteiger partial charge in [0.2, 0.25) is 0 Å². The monoisotopic (exact) mass is 234 g/mol. The number of hydrogen-bond donors (Lipinski definition) is 1. The normalized spacial score (nSPS) is 20.4. The maximum absolute atomic E-state index is 4.68. The summed E-state index contributed by atoms with van der Waals surface area (Å²) in [7, 11) is 1.93. The Morgan fingerprint density at radius 3 is 3.19 bits per heavy atom. The van der Waals surface area contributed by atoms with Gasteiger partial charge in [-0.05, 0) is 19.4 Å². The fourth-order valence-electron chi connectivity index (χ4n) is 2.05. The lowest BCUT2D eigenvalue weighted by Crippen LogP contribution is -2.12. The number of rotatable bonds is 2. The zero-order valence-electron chi connectivity index (χ0n) is 9.18. The molecule has 3 rings (SSSR count). The smallest absolute Gasteiger partial charge is 0.126 e. The molecule has 16 heavy (non-hydrogen) atoms. The molecule has 2 aromatic heterocycles. The Kier molecular flexibility index (Phi) is 2.49. The highest BCUT2D eigenvalue weighted by atomic mass is 32.1. The summed E-state index contributed by atoms with van der Waals surface area (Å²) in [5.74, 6) is 0. The fraction of sp³-hybridized carbons (Fsp3) is 0.455. The van der Waals surface area contributed by atoms with Crippen LogP contribution >= 0.6 is 11.3 Å². The van der Waals surface area contributed by atoms with Gasteiger partial charge < -0.3 is 5.32 Å². The van der Waals surface area contributed by atoms with Crippen LogP contribution in [0.1, 0.15) is 24.6 Å². The minimum absolute atomic E-state index is 0.460. The Balaban J connectivity index is 1.87. The van der Waals surface area contributed by atoms with Crippen LogP contribution in [-0.2, 0) is 7.05 Å². The topological polar surface area (TPSA) is 42.7 Å². The summed E-state index contributed by atoms with van der Waals surface area (Å²) >= 11 is 1.70. The first-order valence-corrected chi connectivity index (χ1v) is 6.39. The van der Waals surface area contributed by atoms with Gasteiger partial charge in [0, 0.05) is 24.2 Å². The van der Waals surface area contributed by atoms with Gasteiger partial charge in [-0.1, -0.05) is 0 Å². The molecule has 1 N–H and O–H groups in total. The SMILES string of the molecule is Cn1cc(-c2nc(C3CCCN3)cs2)cn1. The molecule has 1 unspecified atom stereocenters. The van der Waals surface area contributed by atoms with Crippen molar-refractivity contribution in [3.63, 3.8) is 0 Å². The number of nitrogens with zero attached hydrogens (tertiary/aromatic N) is 3. The molecule has 84 valence electrons. The van der Waals surface area contributed by atoms with Crippen LogP contribution in [0.15, 0.2) is 17.8 Å². The number of thiazole rings is 1. The van der Waals surface area contributed by atoms with Crippen LogP contribution in [0.25, 0.3) is 10.6 Å². The standard InChI is InChI=1S/C11H14N4S/c1-15-6-8(5-13-15)11-14-10(7-16-11)9-3-2-4-12-9/h5-7,9,12H,2-4H2,1H3. The average molecular weight is 234 g/mol. The van der Waals surface area contributed by atoms with E-state index in [0.29, 0.717) is 6.04 Å². The second-order valence-corrected chi connectivity index (χ2v) is 4.99. The minimum Gasteiger partial charge on any atom is -0.309 e. The largest absolute Gasteiger partial charge is 0.309 e. The van der Waals surface area contributed by atoms with Crippen LogP contribution < -0.4 is 5.32 Å². The molecule has 1 fully saturated rings. The van der Waals surface area contributed by atoms with Crippen molar-refractivity contribution in [1.82, 2.24) is 20.1 Å². The molecular weight excluding hydrogens is 220 g/mol. The molecule has 4 nitrogen and oxygen atoms in total. The molecule has 5 heteroatoms. The molecule has 0 spiro atoms. The zero-order chi connectivity index (χ0) is 11.0. The van der Waals surface area contributed by atoms with Crippen molar-refractivity contribution in [3.05, 3.63) is 23.5 Å². The predicted octanol–water partition coefficient (Wildman–Crippen LogP) is 1.97. The van der Waals surface area contributed by atoms with E-state index in [0.717, 1.165) is 17.1 Å². The zero-order valence-corrected chi connectivity index (χ0v) is 10.00. The maximum Gasteiger partial charge on any atom is 0.126 e. The Hall–Kier alpha value is -1.20. The molecule has 0 aliphatic carbocycles. The summed E-state index contributed by atoms with van der Waals surface area (Å²) in [6, 6.07) is 0.460. The van der Waals surface area contributed by atoms with Gasteiger partial charge in [-0.25, -0.2) is 4.98 Å². The highest BCUT2D eigenvalue weighted by Crippen LogP contribution is 2.29. The number of aryl methyl sites for hydroxylation is 1. The third kappa shape index (κ3) is 1.76. The minimum atomic E-state index is 0.460. The molecule has 3 heterocycles. The fourth-order valence-corrected chi connectivity index (χ4v) is 2.90. The van der Waals surface area contributed by atoms with E-state index in [4.69, 9.17) is 0 Å². The highest BCUT2D eigenvalue weighted by molar-refractivity contribution is 7.13. The quantitative estimate of drug-likeness (QED) is 0.864. The molecule has 1 aliphatic rings. The molecule has 0 amide bonds. The van der Waals surface area contributed by atoms with E-state index in [1.165, 1.54) is 18.5 Å². The second kappa shape index (κ2) is 3.99. The first kappa shape index (κ1) is 9.99.